The van der Waals surface area contributed by atoms with Crippen LogP contribution in [0.15, 0.2) is 24.3 Å². The molecule has 0 aliphatic heterocycles. The minimum Gasteiger partial charge on any atom is -0.352 e. The van der Waals surface area contributed by atoms with Gasteiger partial charge in [0.15, 0.2) is 0 Å². The highest BCUT2D eigenvalue weighted by atomic mass is 19.1. The summed E-state index contributed by atoms with van der Waals surface area (Å²) in [6.07, 6.45) is 5.89. The Morgan fingerprint density at radius 2 is 1.90 bits per heavy atom. The first-order chi connectivity index (χ1) is 9.65. The van der Waals surface area contributed by atoms with Crippen LogP contribution in [-0.4, -0.2) is 18.0 Å². The predicted octanol–water partition coefficient (Wildman–Crippen LogP) is 2.75. The zero-order valence-corrected chi connectivity index (χ0v) is 12.0. The fourth-order valence-corrected chi connectivity index (χ4v) is 2.54. The van der Waals surface area contributed by atoms with E-state index in [1.165, 1.54) is 31.4 Å². The maximum atomic E-state index is 12.8. The van der Waals surface area contributed by atoms with E-state index in [4.69, 9.17) is 0 Å². The lowest BCUT2D eigenvalue weighted by molar-refractivity contribution is -0.123. The van der Waals surface area contributed by atoms with Crippen LogP contribution in [0.3, 0.4) is 0 Å². The zero-order valence-electron chi connectivity index (χ0n) is 12.0. The van der Waals surface area contributed by atoms with E-state index >= 15 is 0 Å². The average Bonchev–Trinajstić information content (AvgIpc) is 2.47. The lowest BCUT2D eigenvalue weighted by Gasteiger charge is -2.24. The summed E-state index contributed by atoms with van der Waals surface area (Å²) in [5.41, 5.74) is 0.976. The van der Waals surface area contributed by atoms with Gasteiger partial charge in [0.05, 0.1) is 6.04 Å². The molecule has 1 amide bonds. The van der Waals surface area contributed by atoms with Gasteiger partial charge in [-0.3, -0.25) is 4.79 Å². The van der Waals surface area contributed by atoms with Gasteiger partial charge in [0.1, 0.15) is 5.82 Å². The summed E-state index contributed by atoms with van der Waals surface area (Å²) in [7, 11) is 0. The van der Waals surface area contributed by atoms with Gasteiger partial charge in [0.25, 0.3) is 0 Å². The van der Waals surface area contributed by atoms with Crippen LogP contribution in [0.5, 0.6) is 0 Å². The monoisotopic (exact) mass is 278 g/mol. The molecule has 20 heavy (non-hydrogen) atoms. The van der Waals surface area contributed by atoms with E-state index in [9.17, 15) is 9.18 Å². The highest BCUT2D eigenvalue weighted by molar-refractivity contribution is 5.81. The van der Waals surface area contributed by atoms with E-state index in [2.05, 4.69) is 10.6 Å². The van der Waals surface area contributed by atoms with Gasteiger partial charge in [-0.05, 0) is 37.5 Å². The van der Waals surface area contributed by atoms with E-state index < -0.39 is 0 Å². The van der Waals surface area contributed by atoms with Crippen molar-refractivity contribution < 1.29 is 9.18 Å². The smallest absolute Gasteiger partial charge is 0.237 e. The Labute approximate surface area is 120 Å². The summed E-state index contributed by atoms with van der Waals surface area (Å²) < 4.78 is 12.8. The van der Waals surface area contributed by atoms with Crippen LogP contribution in [0, 0.1) is 5.82 Å². The third-order valence-corrected chi connectivity index (χ3v) is 3.87. The number of halogens is 1. The molecule has 0 heterocycles. The van der Waals surface area contributed by atoms with Crippen molar-refractivity contribution in [2.75, 3.05) is 0 Å². The van der Waals surface area contributed by atoms with Gasteiger partial charge in [-0.25, -0.2) is 4.39 Å². The lowest BCUT2D eigenvalue weighted by Crippen LogP contribution is -2.46. The third kappa shape index (κ3) is 4.60. The molecule has 0 aromatic heterocycles. The van der Waals surface area contributed by atoms with Crippen molar-refractivity contribution in [3.05, 3.63) is 35.6 Å². The van der Waals surface area contributed by atoms with Crippen LogP contribution in [0.4, 0.5) is 4.39 Å². The molecular weight excluding hydrogens is 255 g/mol. The molecule has 0 spiro atoms. The Kier molecular flexibility index (Phi) is 5.53. The number of hydrogen-bond donors (Lipinski definition) is 2. The molecule has 2 N–H and O–H groups in total. The number of hydrogen-bond acceptors (Lipinski definition) is 2. The molecule has 1 aromatic rings. The van der Waals surface area contributed by atoms with E-state index in [-0.39, 0.29) is 17.8 Å². The second-order valence-corrected chi connectivity index (χ2v) is 5.57. The number of nitrogens with one attached hydrogen (secondary N) is 2. The summed E-state index contributed by atoms with van der Waals surface area (Å²) in [5.74, 6) is -0.184. The molecule has 1 saturated carbocycles. The molecular formula is C16H23FN2O. The number of benzene rings is 1. The van der Waals surface area contributed by atoms with E-state index in [0.717, 1.165) is 18.4 Å². The summed E-state index contributed by atoms with van der Waals surface area (Å²) in [6.45, 7) is 2.43. The summed E-state index contributed by atoms with van der Waals surface area (Å²) in [4.78, 5) is 12.1. The fourth-order valence-electron chi connectivity index (χ4n) is 2.54. The van der Waals surface area contributed by atoms with Gasteiger partial charge >= 0.3 is 0 Å². The number of carbonyl (C=O) groups excluding carboxylic acids is 1. The molecule has 0 unspecified atom stereocenters. The molecule has 1 atom stereocenters. The van der Waals surface area contributed by atoms with Crippen LogP contribution in [0.2, 0.25) is 0 Å². The van der Waals surface area contributed by atoms with Gasteiger partial charge in [0.2, 0.25) is 5.91 Å². The molecule has 110 valence electrons. The van der Waals surface area contributed by atoms with Crippen molar-refractivity contribution >= 4 is 5.91 Å². The highest BCUT2D eigenvalue weighted by Crippen LogP contribution is 2.17. The van der Waals surface area contributed by atoms with Crippen molar-refractivity contribution in [1.29, 1.82) is 0 Å². The Balaban J connectivity index is 1.74. The second-order valence-electron chi connectivity index (χ2n) is 5.57. The molecule has 1 fully saturated rings. The SMILES string of the molecule is C[C@@H](NCc1ccc(F)cc1)C(=O)NC1CCCCC1. The molecule has 2 rings (SSSR count). The van der Waals surface area contributed by atoms with Crippen LogP contribution in [-0.2, 0) is 11.3 Å². The van der Waals surface area contributed by atoms with Crippen molar-refractivity contribution in [3.63, 3.8) is 0 Å². The largest absolute Gasteiger partial charge is 0.352 e. The average molecular weight is 278 g/mol. The maximum absolute atomic E-state index is 12.8. The Morgan fingerprint density at radius 3 is 2.55 bits per heavy atom. The molecule has 0 saturated heterocycles. The molecule has 1 aliphatic rings. The van der Waals surface area contributed by atoms with Crippen molar-refractivity contribution in [3.8, 4) is 0 Å². The van der Waals surface area contributed by atoms with Crippen LogP contribution in [0.25, 0.3) is 0 Å². The minimum atomic E-state index is -0.239. The van der Waals surface area contributed by atoms with Crippen LogP contribution in [0.1, 0.15) is 44.6 Å². The zero-order chi connectivity index (χ0) is 14.4. The van der Waals surface area contributed by atoms with E-state index in [1.807, 2.05) is 6.92 Å². The van der Waals surface area contributed by atoms with E-state index in [0.29, 0.717) is 12.6 Å². The van der Waals surface area contributed by atoms with Gasteiger partial charge in [-0.1, -0.05) is 31.4 Å². The van der Waals surface area contributed by atoms with Gasteiger partial charge in [-0.2, -0.15) is 0 Å². The number of rotatable bonds is 5. The van der Waals surface area contributed by atoms with Crippen molar-refractivity contribution in [2.45, 2.75) is 57.7 Å². The van der Waals surface area contributed by atoms with Gasteiger partial charge < -0.3 is 10.6 Å². The third-order valence-electron chi connectivity index (χ3n) is 3.87. The van der Waals surface area contributed by atoms with E-state index in [1.54, 1.807) is 12.1 Å². The molecule has 4 heteroatoms. The summed E-state index contributed by atoms with van der Waals surface area (Å²) in [6, 6.07) is 6.43. The first kappa shape index (κ1) is 15.0. The molecule has 1 aliphatic carbocycles. The fraction of sp³-hybridized carbons (Fsp3) is 0.562. The first-order valence-electron chi connectivity index (χ1n) is 7.43. The number of carbonyl (C=O) groups is 1. The lowest BCUT2D eigenvalue weighted by atomic mass is 9.95. The van der Waals surface area contributed by atoms with Crippen LogP contribution >= 0.6 is 0 Å². The van der Waals surface area contributed by atoms with Gasteiger partial charge in [-0.15, -0.1) is 0 Å². The summed E-state index contributed by atoms with van der Waals surface area (Å²) >= 11 is 0. The minimum absolute atomic E-state index is 0.0546. The quantitative estimate of drug-likeness (QED) is 0.869. The highest BCUT2D eigenvalue weighted by Gasteiger charge is 2.19. The van der Waals surface area contributed by atoms with Crippen molar-refractivity contribution in [2.24, 2.45) is 0 Å². The van der Waals surface area contributed by atoms with Crippen LogP contribution < -0.4 is 10.6 Å². The normalized spacial score (nSPS) is 17.7. The second kappa shape index (κ2) is 7.39. The standard InChI is InChI=1S/C16H23FN2O/c1-12(16(20)19-15-5-3-2-4-6-15)18-11-13-7-9-14(17)10-8-13/h7-10,12,15,18H,2-6,11H2,1H3,(H,19,20)/t12-/m1/s1. The van der Waals surface area contributed by atoms with Crippen molar-refractivity contribution in [1.82, 2.24) is 10.6 Å². The maximum Gasteiger partial charge on any atom is 0.237 e. The molecule has 1 aromatic carbocycles. The summed E-state index contributed by atoms with van der Waals surface area (Å²) in [5, 5.41) is 6.28. The predicted molar refractivity (Wildman–Crippen MR) is 77.7 cm³/mol. The number of amides is 1. The molecule has 0 bridgehead atoms. The first-order valence-corrected chi connectivity index (χ1v) is 7.43. The topological polar surface area (TPSA) is 41.1 Å². The Bertz CT molecular complexity index is 427. The van der Waals surface area contributed by atoms with Gasteiger partial charge in [0, 0.05) is 12.6 Å². The molecule has 0 radical (unpaired) electrons. The molecule has 3 nitrogen and oxygen atoms in total. The Hall–Kier alpha value is -1.42. The Morgan fingerprint density at radius 1 is 1.25 bits per heavy atom.